The van der Waals surface area contributed by atoms with Gasteiger partial charge in [0.05, 0.1) is 0 Å². The van der Waals surface area contributed by atoms with Gasteiger partial charge in [0.15, 0.2) is 0 Å². The van der Waals surface area contributed by atoms with Crippen LogP contribution in [0.2, 0.25) is 0 Å². The zero-order chi connectivity index (χ0) is 15.2. The van der Waals surface area contributed by atoms with Crippen LogP contribution < -0.4 is 10.6 Å². The lowest BCUT2D eigenvalue weighted by atomic mass is 10.0. The molecular weight excluding hydrogens is 260 g/mol. The molecule has 0 heterocycles. The number of hydrogen-bond acceptors (Lipinski definition) is 2. The third-order valence-electron chi connectivity index (χ3n) is 3.70. The summed E-state index contributed by atoms with van der Waals surface area (Å²) >= 11 is 0. The van der Waals surface area contributed by atoms with Gasteiger partial charge in [-0.2, -0.15) is 0 Å². The minimum Gasteiger partial charge on any atom is -0.388 e. The minimum atomic E-state index is -0.0158. The van der Waals surface area contributed by atoms with Crippen molar-refractivity contribution in [2.45, 2.75) is 19.8 Å². The average molecular weight is 282 g/mol. The van der Waals surface area contributed by atoms with E-state index in [0.717, 1.165) is 16.8 Å². The van der Waals surface area contributed by atoms with Gasteiger partial charge in [0.1, 0.15) is 0 Å². The first-order valence-electron chi connectivity index (χ1n) is 7.23. The molecule has 0 bridgehead atoms. The first-order chi connectivity index (χ1) is 10.1. The lowest BCUT2D eigenvalue weighted by Crippen LogP contribution is -2.28. The quantitative estimate of drug-likeness (QED) is 0.880. The van der Waals surface area contributed by atoms with E-state index in [2.05, 4.69) is 29.7 Å². The van der Waals surface area contributed by atoms with E-state index in [4.69, 9.17) is 0 Å². The molecule has 110 valence electrons. The van der Waals surface area contributed by atoms with Crippen molar-refractivity contribution in [2.75, 3.05) is 18.9 Å². The highest BCUT2D eigenvalue weighted by Gasteiger charge is 2.11. The van der Waals surface area contributed by atoms with Crippen molar-refractivity contribution in [1.82, 2.24) is 5.32 Å². The van der Waals surface area contributed by atoms with Crippen LogP contribution in [0, 0.1) is 6.92 Å². The van der Waals surface area contributed by atoms with Gasteiger partial charge in [-0.3, -0.25) is 4.79 Å². The molecule has 1 unspecified atom stereocenters. The zero-order valence-electron chi connectivity index (χ0n) is 12.8. The Kier molecular flexibility index (Phi) is 4.99. The Morgan fingerprint density at radius 2 is 1.86 bits per heavy atom. The molecule has 0 saturated heterocycles. The Bertz CT molecular complexity index is 608. The maximum Gasteiger partial charge on any atom is 0.251 e. The summed E-state index contributed by atoms with van der Waals surface area (Å²) in [7, 11) is 1.87. The van der Waals surface area contributed by atoms with Gasteiger partial charge in [0.25, 0.3) is 5.91 Å². The second kappa shape index (κ2) is 6.93. The standard InChI is InChI=1S/C18H22N2O/c1-13-11-16(19-3)9-10-17(13)18(21)20-12-14(2)15-7-5-4-6-8-15/h4-11,14,19H,12H2,1-3H3,(H,20,21). The maximum absolute atomic E-state index is 12.3. The minimum absolute atomic E-state index is 0.0158. The largest absolute Gasteiger partial charge is 0.388 e. The van der Waals surface area contributed by atoms with E-state index in [0.29, 0.717) is 12.5 Å². The number of carbonyl (C=O) groups is 1. The topological polar surface area (TPSA) is 41.1 Å². The molecule has 0 fully saturated rings. The fraction of sp³-hybridized carbons (Fsp3) is 0.278. The number of carbonyl (C=O) groups excluding carboxylic acids is 1. The number of rotatable bonds is 5. The highest BCUT2D eigenvalue weighted by atomic mass is 16.1. The number of amides is 1. The molecule has 21 heavy (non-hydrogen) atoms. The first-order valence-corrected chi connectivity index (χ1v) is 7.23. The van der Waals surface area contributed by atoms with E-state index in [1.54, 1.807) is 0 Å². The fourth-order valence-electron chi connectivity index (χ4n) is 2.31. The zero-order valence-corrected chi connectivity index (χ0v) is 12.8. The number of anilines is 1. The van der Waals surface area contributed by atoms with E-state index in [1.807, 2.05) is 50.4 Å². The van der Waals surface area contributed by atoms with Crippen molar-refractivity contribution in [2.24, 2.45) is 0 Å². The molecule has 0 radical (unpaired) electrons. The second-order valence-electron chi connectivity index (χ2n) is 5.30. The van der Waals surface area contributed by atoms with Gasteiger partial charge in [-0.05, 0) is 42.2 Å². The molecule has 1 amide bonds. The summed E-state index contributed by atoms with van der Waals surface area (Å²) in [6.45, 7) is 4.71. The van der Waals surface area contributed by atoms with Crippen LogP contribution in [0.25, 0.3) is 0 Å². The van der Waals surface area contributed by atoms with Crippen LogP contribution >= 0.6 is 0 Å². The Labute approximate surface area is 126 Å². The van der Waals surface area contributed by atoms with Crippen LogP contribution in [-0.2, 0) is 0 Å². The molecular formula is C18H22N2O. The Balaban J connectivity index is 1.99. The summed E-state index contributed by atoms with van der Waals surface area (Å²) in [5, 5.41) is 6.09. The number of benzene rings is 2. The molecule has 3 nitrogen and oxygen atoms in total. The monoisotopic (exact) mass is 282 g/mol. The second-order valence-corrected chi connectivity index (χ2v) is 5.30. The summed E-state index contributed by atoms with van der Waals surface area (Å²) in [4.78, 5) is 12.3. The summed E-state index contributed by atoms with van der Waals surface area (Å²) in [6, 6.07) is 16.0. The molecule has 1 atom stereocenters. The van der Waals surface area contributed by atoms with Crippen molar-refractivity contribution in [3.63, 3.8) is 0 Å². The van der Waals surface area contributed by atoms with Crippen LogP contribution in [0.4, 0.5) is 5.69 Å². The molecule has 0 aliphatic rings. The Morgan fingerprint density at radius 3 is 2.48 bits per heavy atom. The van der Waals surface area contributed by atoms with E-state index in [9.17, 15) is 4.79 Å². The van der Waals surface area contributed by atoms with Gasteiger partial charge in [0.2, 0.25) is 0 Å². The predicted molar refractivity (Wildman–Crippen MR) is 87.9 cm³/mol. The molecule has 2 rings (SSSR count). The van der Waals surface area contributed by atoms with E-state index < -0.39 is 0 Å². The van der Waals surface area contributed by atoms with E-state index in [1.165, 1.54) is 5.56 Å². The number of nitrogens with one attached hydrogen (secondary N) is 2. The van der Waals surface area contributed by atoms with Gasteiger partial charge in [0, 0.05) is 24.8 Å². The first kappa shape index (κ1) is 15.1. The molecule has 0 aliphatic heterocycles. The molecule has 0 saturated carbocycles. The average Bonchev–Trinajstić information content (AvgIpc) is 2.52. The summed E-state index contributed by atoms with van der Waals surface area (Å²) in [5.74, 6) is 0.282. The molecule has 3 heteroatoms. The third kappa shape index (κ3) is 3.85. The lowest BCUT2D eigenvalue weighted by Gasteiger charge is -2.14. The number of hydrogen-bond donors (Lipinski definition) is 2. The van der Waals surface area contributed by atoms with Crippen LogP contribution in [0.3, 0.4) is 0 Å². The van der Waals surface area contributed by atoms with Gasteiger partial charge in [-0.15, -0.1) is 0 Å². The summed E-state index contributed by atoms with van der Waals surface area (Å²) in [5.41, 5.74) is 3.96. The SMILES string of the molecule is CNc1ccc(C(=O)NCC(C)c2ccccc2)c(C)c1. The highest BCUT2D eigenvalue weighted by Crippen LogP contribution is 2.16. The van der Waals surface area contributed by atoms with Crippen molar-refractivity contribution in [1.29, 1.82) is 0 Å². The van der Waals surface area contributed by atoms with Gasteiger partial charge < -0.3 is 10.6 Å². The Morgan fingerprint density at radius 1 is 1.14 bits per heavy atom. The van der Waals surface area contributed by atoms with Crippen LogP contribution in [-0.4, -0.2) is 19.5 Å². The smallest absolute Gasteiger partial charge is 0.251 e. The van der Waals surface area contributed by atoms with E-state index in [-0.39, 0.29) is 5.91 Å². The van der Waals surface area contributed by atoms with Gasteiger partial charge in [-0.25, -0.2) is 0 Å². The predicted octanol–water partition coefficient (Wildman–Crippen LogP) is 3.57. The van der Waals surface area contributed by atoms with Gasteiger partial charge >= 0.3 is 0 Å². The summed E-state index contributed by atoms with van der Waals surface area (Å²) < 4.78 is 0. The Hall–Kier alpha value is -2.29. The number of aryl methyl sites for hydroxylation is 1. The molecule has 0 spiro atoms. The molecule has 0 aromatic heterocycles. The summed E-state index contributed by atoms with van der Waals surface area (Å²) in [6.07, 6.45) is 0. The van der Waals surface area contributed by atoms with Crippen LogP contribution in [0.1, 0.15) is 34.3 Å². The molecule has 0 aliphatic carbocycles. The normalized spacial score (nSPS) is 11.8. The third-order valence-corrected chi connectivity index (χ3v) is 3.70. The molecule has 2 aromatic carbocycles. The van der Waals surface area contributed by atoms with Crippen molar-refractivity contribution < 1.29 is 4.79 Å². The molecule has 2 aromatic rings. The van der Waals surface area contributed by atoms with Crippen molar-refractivity contribution in [3.05, 3.63) is 65.2 Å². The molecule has 2 N–H and O–H groups in total. The lowest BCUT2D eigenvalue weighted by molar-refractivity contribution is 0.0951. The van der Waals surface area contributed by atoms with Gasteiger partial charge in [-0.1, -0.05) is 37.3 Å². The fourth-order valence-corrected chi connectivity index (χ4v) is 2.31. The highest BCUT2D eigenvalue weighted by molar-refractivity contribution is 5.96. The maximum atomic E-state index is 12.3. The van der Waals surface area contributed by atoms with Crippen molar-refractivity contribution in [3.8, 4) is 0 Å². The van der Waals surface area contributed by atoms with Crippen LogP contribution in [0.15, 0.2) is 48.5 Å². The van der Waals surface area contributed by atoms with E-state index >= 15 is 0 Å². The van der Waals surface area contributed by atoms with Crippen molar-refractivity contribution >= 4 is 11.6 Å². The van der Waals surface area contributed by atoms with Crippen LogP contribution in [0.5, 0.6) is 0 Å².